The minimum atomic E-state index is -0.340. The largest absolute Gasteiger partial charge is 0.445 e. The lowest BCUT2D eigenvalue weighted by molar-refractivity contribution is -0.128. The van der Waals surface area contributed by atoms with Gasteiger partial charge in [-0.15, -0.1) is 6.58 Å². The van der Waals surface area contributed by atoms with Gasteiger partial charge in [0.25, 0.3) is 0 Å². The maximum absolute atomic E-state index is 13.4. The number of nitrogens with zero attached hydrogens (tertiary/aromatic N) is 1. The minimum absolute atomic E-state index is 0.0855. The Morgan fingerprint density at radius 1 is 1.00 bits per heavy atom. The Morgan fingerprint density at radius 3 is 2.16 bits per heavy atom. The van der Waals surface area contributed by atoms with Crippen molar-refractivity contribution in [3.63, 3.8) is 0 Å². The second-order valence-corrected chi connectivity index (χ2v) is 8.15. The maximum atomic E-state index is 13.4. The number of ether oxygens (including phenoxy) is 2. The summed E-state index contributed by atoms with van der Waals surface area (Å²) in [4.78, 5) is 15.2. The van der Waals surface area contributed by atoms with Crippen molar-refractivity contribution < 1.29 is 14.3 Å². The number of amides is 1. The van der Waals surface area contributed by atoms with Crippen molar-refractivity contribution in [2.45, 2.75) is 31.8 Å². The molecule has 1 amide bonds. The number of morpholine rings is 1. The second-order valence-electron chi connectivity index (χ2n) is 8.15. The molecule has 0 bridgehead atoms. The first kappa shape index (κ1) is 21.8. The Hall–Kier alpha value is -3.37. The van der Waals surface area contributed by atoms with E-state index in [0.717, 1.165) is 16.7 Å². The SMILES string of the molecule is C=C[C@@H](C)[C@H]1CN(C(=O)OCc2ccccc2)[C@H](c2ccccc2)[C@H](c2ccccc2)O1. The topological polar surface area (TPSA) is 38.8 Å². The first-order valence-corrected chi connectivity index (χ1v) is 11.0. The zero-order valence-corrected chi connectivity index (χ0v) is 18.3. The average Bonchev–Trinajstić information content (AvgIpc) is 2.87. The fraction of sp³-hybridized carbons (Fsp3) is 0.250. The zero-order chi connectivity index (χ0) is 22.3. The number of benzene rings is 3. The summed E-state index contributed by atoms with van der Waals surface area (Å²) in [7, 11) is 0. The molecule has 32 heavy (non-hydrogen) atoms. The van der Waals surface area contributed by atoms with Crippen molar-refractivity contribution in [2.75, 3.05) is 6.54 Å². The summed E-state index contributed by atoms with van der Waals surface area (Å²) in [5.41, 5.74) is 3.01. The molecule has 0 unspecified atom stereocenters. The van der Waals surface area contributed by atoms with Gasteiger partial charge in [-0.05, 0) is 16.7 Å². The number of hydrogen-bond acceptors (Lipinski definition) is 3. The van der Waals surface area contributed by atoms with E-state index >= 15 is 0 Å². The molecule has 0 N–H and O–H groups in total. The molecule has 0 aliphatic carbocycles. The van der Waals surface area contributed by atoms with Gasteiger partial charge in [-0.3, -0.25) is 4.90 Å². The maximum Gasteiger partial charge on any atom is 0.410 e. The molecular formula is C28H29NO3. The van der Waals surface area contributed by atoms with Crippen LogP contribution in [0.3, 0.4) is 0 Å². The molecule has 1 fully saturated rings. The Morgan fingerprint density at radius 2 is 1.56 bits per heavy atom. The number of carbonyl (C=O) groups is 1. The molecule has 0 radical (unpaired) electrons. The van der Waals surface area contributed by atoms with Crippen molar-refractivity contribution in [3.05, 3.63) is 120 Å². The highest BCUT2D eigenvalue weighted by Crippen LogP contribution is 2.43. The normalized spacial score (nSPS) is 21.5. The molecule has 0 aromatic heterocycles. The molecule has 3 aromatic rings. The number of hydrogen-bond donors (Lipinski definition) is 0. The molecule has 0 spiro atoms. The summed E-state index contributed by atoms with van der Waals surface area (Å²) in [5, 5.41) is 0. The van der Waals surface area contributed by atoms with Crippen LogP contribution in [0.15, 0.2) is 104 Å². The van der Waals surface area contributed by atoms with Gasteiger partial charge in [0.1, 0.15) is 12.7 Å². The van der Waals surface area contributed by atoms with E-state index in [0.29, 0.717) is 6.54 Å². The fourth-order valence-electron chi connectivity index (χ4n) is 4.12. The van der Waals surface area contributed by atoms with E-state index in [1.165, 1.54) is 0 Å². The average molecular weight is 428 g/mol. The Balaban J connectivity index is 1.69. The summed E-state index contributed by atoms with van der Waals surface area (Å²) in [6.45, 7) is 6.67. The van der Waals surface area contributed by atoms with Crippen LogP contribution in [0.25, 0.3) is 0 Å². The van der Waals surface area contributed by atoms with Gasteiger partial charge >= 0.3 is 6.09 Å². The molecule has 1 heterocycles. The van der Waals surface area contributed by atoms with E-state index in [2.05, 4.69) is 25.6 Å². The molecular weight excluding hydrogens is 398 g/mol. The van der Waals surface area contributed by atoms with Crippen LogP contribution in [0.5, 0.6) is 0 Å². The molecule has 4 nitrogen and oxygen atoms in total. The third-order valence-electron chi connectivity index (χ3n) is 5.99. The standard InChI is InChI=1S/C28H29NO3/c1-3-21(2)25-19-29(28(30)31-20-22-13-7-4-8-14-22)26(23-15-9-5-10-16-23)27(32-25)24-17-11-6-12-18-24/h3-18,21,25-27H,1,19-20H2,2H3/t21-,25-,26-,27+/m1/s1. The first-order valence-electron chi connectivity index (χ1n) is 11.0. The molecule has 4 rings (SSSR count). The molecule has 1 aliphatic heterocycles. The molecule has 1 aliphatic rings. The summed E-state index contributed by atoms with van der Waals surface area (Å²) < 4.78 is 12.4. The van der Waals surface area contributed by atoms with Crippen LogP contribution in [-0.2, 0) is 16.1 Å². The lowest BCUT2D eigenvalue weighted by Crippen LogP contribution is -2.50. The molecule has 4 atom stereocenters. The zero-order valence-electron chi connectivity index (χ0n) is 18.3. The lowest BCUT2D eigenvalue weighted by atomic mass is 9.90. The Bertz CT molecular complexity index is 1010. The molecule has 4 heteroatoms. The highest BCUT2D eigenvalue weighted by atomic mass is 16.6. The van der Waals surface area contributed by atoms with Crippen molar-refractivity contribution in [1.29, 1.82) is 0 Å². The van der Waals surface area contributed by atoms with Crippen molar-refractivity contribution in [3.8, 4) is 0 Å². The second kappa shape index (κ2) is 10.3. The van der Waals surface area contributed by atoms with Crippen molar-refractivity contribution >= 4 is 6.09 Å². The highest BCUT2D eigenvalue weighted by molar-refractivity contribution is 5.69. The predicted molar refractivity (Wildman–Crippen MR) is 126 cm³/mol. The van der Waals surface area contributed by atoms with Crippen LogP contribution in [0.4, 0.5) is 4.79 Å². The molecule has 0 saturated carbocycles. The summed E-state index contributed by atoms with van der Waals surface area (Å²) in [6, 6.07) is 29.6. The van der Waals surface area contributed by atoms with E-state index in [1.54, 1.807) is 0 Å². The van der Waals surface area contributed by atoms with Gasteiger partial charge in [-0.2, -0.15) is 0 Å². The quantitative estimate of drug-likeness (QED) is 0.432. The molecule has 3 aromatic carbocycles. The van der Waals surface area contributed by atoms with Crippen molar-refractivity contribution in [2.24, 2.45) is 5.92 Å². The van der Waals surface area contributed by atoms with E-state index < -0.39 is 0 Å². The smallest absolute Gasteiger partial charge is 0.410 e. The molecule has 164 valence electrons. The van der Waals surface area contributed by atoms with Crippen LogP contribution in [0.1, 0.15) is 35.8 Å². The first-order chi connectivity index (χ1) is 15.7. The number of rotatable bonds is 6. The summed E-state index contributed by atoms with van der Waals surface area (Å²) in [5.74, 6) is 0.0855. The van der Waals surface area contributed by atoms with E-state index in [-0.39, 0.29) is 36.9 Å². The number of carbonyl (C=O) groups excluding carboxylic acids is 1. The minimum Gasteiger partial charge on any atom is -0.445 e. The Kier molecular flexibility index (Phi) is 7.03. The van der Waals surface area contributed by atoms with Gasteiger partial charge in [-0.1, -0.05) is 104 Å². The lowest BCUT2D eigenvalue weighted by Gasteiger charge is -2.45. The van der Waals surface area contributed by atoms with Gasteiger partial charge in [0.05, 0.1) is 18.7 Å². The van der Waals surface area contributed by atoms with E-state index in [1.807, 2.05) is 89.8 Å². The van der Waals surface area contributed by atoms with Crippen LogP contribution in [-0.4, -0.2) is 23.6 Å². The summed E-state index contributed by atoms with van der Waals surface area (Å²) in [6.07, 6.45) is 1.04. The van der Waals surface area contributed by atoms with E-state index in [9.17, 15) is 4.79 Å². The monoisotopic (exact) mass is 427 g/mol. The van der Waals surface area contributed by atoms with Crippen LogP contribution in [0.2, 0.25) is 0 Å². The van der Waals surface area contributed by atoms with Crippen LogP contribution in [0, 0.1) is 5.92 Å². The third-order valence-corrected chi connectivity index (χ3v) is 5.99. The van der Waals surface area contributed by atoms with Crippen LogP contribution < -0.4 is 0 Å². The van der Waals surface area contributed by atoms with Crippen molar-refractivity contribution in [1.82, 2.24) is 4.90 Å². The van der Waals surface area contributed by atoms with Gasteiger partial charge in [-0.25, -0.2) is 4.79 Å². The fourth-order valence-corrected chi connectivity index (χ4v) is 4.12. The van der Waals surface area contributed by atoms with Gasteiger partial charge in [0.15, 0.2) is 0 Å². The van der Waals surface area contributed by atoms with E-state index in [4.69, 9.17) is 9.47 Å². The predicted octanol–water partition coefficient (Wildman–Crippen LogP) is 6.33. The van der Waals surface area contributed by atoms with Gasteiger partial charge < -0.3 is 9.47 Å². The molecule has 1 saturated heterocycles. The third kappa shape index (κ3) is 4.92. The summed E-state index contributed by atoms with van der Waals surface area (Å²) >= 11 is 0. The van der Waals surface area contributed by atoms with Gasteiger partial charge in [0, 0.05) is 5.92 Å². The highest BCUT2D eigenvalue weighted by Gasteiger charge is 2.42. The Labute approximate surface area is 190 Å². The van der Waals surface area contributed by atoms with Gasteiger partial charge in [0.2, 0.25) is 0 Å². The van der Waals surface area contributed by atoms with Crippen LogP contribution >= 0.6 is 0 Å².